The number of carbonyl (C=O) groups is 3. The van der Waals surface area contributed by atoms with Gasteiger partial charge in [-0.2, -0.15) is 0 Å². The Hall–Kier alpha value is -3.15. The van der Waals surface area contributed by atoms with Crippen molar-refractivity contribution in [2.75, 3.05) is 0 Å². The molecule has 2 heterocycles. The van der Waals surface area contributed by atoms with E-state index in [0.29, 0.717) is 30.9 Å². The van der Waals surface area contributed by atoms with Gasteiger partial charge in [0.05, 0.1) is 6.54 Å². The summed E-state index contributed by atoms with van der Waals surface area (Å²) in [5.74, 6) is -0.242. The first-order chi connectivity index (χ1) is 13.0. The highest BCUT2D eigenvalue weighted by Gasteiger charge is 2.40. The normalized spacial score (nSPS) is 19.1. The quantitative estimate of drug-likeness (QED) is 0.845. The van der Waals surface area contributed by atoms with E-state index in [4.69, 9.17) is 4.74 Å². The van der Waals surface area contributed by atoms with Crippen LogP contribution in [0.3, 0.4) is 0 Å². The number of amides is 3. The summed E-state index contributed by atoms with van der Waals surface area (Å²) < 4.78 is 5.97. The van der Waals surface area contributed by atoms with Gasteiger partial charge in [0.25, 0.3) is 5.91 Å². The van der Waals surface area contributed by atoms with Crippen LogP contribution in [0.1, 0.15) is 39.9 Å². The molecule has 1 N–H and O–H groups in total. The molecule has 1 atom stereocenters. The molecule has 2 aliphatic rings. The van der Waals surface area contributed by atoms with Gasteiger partial charge in [-0.3, -0.25) is 19.7 Å². The van der Waals surface area contributed by atoms with Crippen molar-refractivity contribution in [3.05, 3.63) is 64.7 Å². The lowest BCUT2D eigenvalue weighted by Gasteiger charge is -2.29. The molecule has 0 aliphatic carbocycles. The maximum absolute atomic E-state index is 12.8. The van der Waals surface area contributed by atoms with E-state index in [1.165, 1.54) is 10.5 Å². The molecule has 1 fully saturated rings. The number of aryl methyl sites for hydroxylation is 1. The van der Waals surface area contributed by atoms with Crippen LogP contribution in [0.15, 0.2) is 42.5 Å². The molecule has 2 aliphatic heterocycles. The van der Waals surface area contributed by atoms with Gasteiger partial charge in [0.1, 0.15) is 18.4 Å². The fourth-order valence-corrected chi connectivity index (χ4v) is 3.54. The van der Waals surface area contributed by atoms with E-state index in [-0.39, 0.29) is 18.2 Å². The van der Waals surface area contributed by atoms with Crippen LogP contribution in [0.4, 0.5) is 0 Å². The number of carbonyl (C=O) groups excluding carboxylic acids is 3. The number of hydrogen-bond donors (Lipinski definition) is 1. The summed E-state index contributed by atoms with van der Waals surface area (Å²) in [6.45, 7) is 2.75. The zero-order valence-electron chi connectivity index (χ0n) is 15.0. The van der Waals surface area contributed by atoms with Gasteiger partial charge < -0.3 is 9.64 Å². The van der Waals surface area contributed by atoms with Gasteiger partial charge in [0.2, 0.25) is 11.8 Å². The second kappa shape index (κ2) is 6.87. The highest BCUT2D eigenvalue weighted by molar-refractivity contribution is 6.05. The van der Waals surface area contributed by atoms with E-state index in [9.17, 15) is 14.4 Å². The van der Waals surface area contributed by atoms with Crippen LogP contribution in [0.5, 0.6) is 5.75 Å². The van der Waals surface area contributed by atoms with Crippen molar-refractivity contribution in [1.29, 1.82) is 0 Å². The Morgan fingerprint density at radius 1 is 1.11 bits per heavy atom. The van der Waals surface area contributed by atoms with Gasteiger partial charge in [-0.1, -0.05) is 35.9 Å². The zero-order chi connectivity index (χ0) is 19.0. The number of rotatable bonds is 4. The first-order valence-electron chi connectivity index (χ1n) is 8.98. The van der Waals surface area contributed by atoms with Crippen molar-refractivity contribution in [2.45, 2.75) is 39.0 Å². The number of nitrogens with zero attached hydrogens (tertiary/aromatic N) is 1. The molecule has 0 saturated carbocycles. The number of nitrogens with one attached hydrogen (secondary N) is 1. The van der Waals surface area contributed by atoms with Crippen LogP contribution >= 0.6 is 0 Å². The summed E-state index contributed by atoms with van der Waals surface area (Å²) in [7, 11) is 0. The van der Waals surface area contributed by atoms with Crippen molar-refractivity contribution in [3.63, 3.8) is 0 Å². The number of ether oxygens (including phenoxy) is 1. The van der Waals surface area contributed by atoms with Crippen LogP contribution < -0.4 is 10.1 Å². The zero-order valence-corrected chi connectivity index (χ0v) is 15.0. The van der Waals surface area contributed by atoms with E-state index in [1.807, 2.05) is 37.3 Å². The van der Waals surface area contributed by atoms with Crippen LogP contribution in [0.25, 0.3) is 0 Å². The summed E-state index contributed by atoms with van der Waals surface area (Å²) in [5.41, 5.74) is 3.58. The van der Waals surface area contributed by atoms with Crippen LogP contribution in [0, 0.1) is 6.92 Å². The molecule has 6 heteroatoms. The Balaban J connectivity index is 1.53. The van der Waals surface area contributed by atoms with Gasteiger partial charge >= 0.3 is 0 Å². The molecule has 6 nitrogen and oxygen atoms in total. The molecule has 4 rings (SSSR count). The fourth-order valence-electron chi connectivity index (χ4n) is 3.54. The summed E-state index contributed by atoms with van der Waals surface area (Å²) in [4.78, 5) is 37.9. The number of piperidine rings is 1. The highest BCUT2D eigenvalue weighted by atomic mass is 16.5. The Bertz CT molecular complexity index is 920. The molecule has 0 spiro atoms. The minimum Gasteiger partial charge on any atom is -0.489 e. The van der Waals surface area contributed by atoms with Gasteiger partial charge in [-0.05, 0) is 31.0 Å². The smallest absolute Gasteiger partial charge is 0.255 e. The molecular formula is C21H20N2O4. The maximum atomic E-state index is 12.8. The lowest BCUT2D eigenvalue weighted by Crippen LogP contribution is -2.52. The molecule has 3 amide bonds. The molecular weight excluding hydrogens is 344 g/mol. The molecule has 0 aromatic heterocycles. The molecule has 2 aromatic carbocycles. The molecule has 2 aromatic rings. The van der Waals surface area contributed by atoms with Gasteiger partial charge in [-0.25, -0.2) is 0 Å². The van der Waals surface area contributed by atoms with Crippen LogP contribution in [-0.2, 0) is 22.7 Å². The van der Waals surface area contributed by atoms with Gasteiger partial charge in [0.15, 0.2) is 0 Å². The first-order valence-corrected chi connectivity index (χ1v) is 8.98. The Morgan fingerprint density at radius 2 is 1.89 bits per heavy atom. The third-order valence-electron chi connectivity index (χ3n) is 5.05. The predicted molar refractivity (Wildman–Crippen MR) is 98.0 cm³/mol. The van der Waals surface area contributed by atoms with Crippen molar-refractivity contribution in [1.82, 2.24) is 10.2 Å². The van der Waals surface area contributed by atoms with Crippen molar-refractivity contribution < 1.29 is 19.1 Å². The second-order valence-corrected chi connectivity index (χ2v) is 6.96. The monoisotopic (exact) mass is 364 g/mol. The van der Waals surface area contributed by atoms with Crippen molar-refractivity contribution in [2.24, 2.45) is 0 Å². The summed E-state index contributed by atoms with van der Waals surface area (Å²) in [5, 5.41) is 2.32. The third kappa shape index (κ3) is 3.30. The largest absolute Gasteiger partial charge is 0.489 e. The average molecular weight is 364 g/mol. The highest BCUT2D eigenvalue weighted by Crippen LogP contribution is 2.33. The first kappa shape index (κ1) is 17.3. The topological polar surface area (TPSA) is 75.7 Å². The number of benzene rings is 2. The minimum atomic E-state index is -0.618. The SMILES string of the molecule is Cc1ccc(COc2cccc3c2CN([C@H]2CCC(=O)NC2=O)C3=O)cc1. The molecule has 0 radical (unpaired) electrons. The fraction of sp³-hybridized carbons (Fsp3) is 0.286. The van der Waals surface area contributed by atoms with Crippen molar-refractivity contribution in [3.8, 4) is 5.75 Å². The number of imide groups is 1. The van der Waals surface area contributed by atoms with Gasteiger partial charge in [0, 0.05) is 17.5 Å². The van der Waals surface area contributed by atoms with Crippen LogP contribution in [-0.4, -0.2) is 28.7 Å². The average Bonchev–Trinajstić information content (AvgIpc) is 2.99. The molecule has 0 bridgehead atoms. The second-order valence-electron chi connectivity index (χ2n) is 6.96. The van der Waals surface area contributed by atoms with Crippen molar-refractivity contribution >= 4 is 17.7 Å². The number of fused-ring (bicyclic) bond motifs is 1. The predicted octanol–water partition coefficient (Wildman–Crippen LogP) is 2.34. The molecule has 27 heavy (non-hydrogen) atoms. The maximum Gasteiger partial charge on any atom is 0.255 e. The molecule has 1 saturated heterocycles. The van der Waals surface area contributed by atoms with E-state index >= 15 is 0 Å². The standard InChI is InChI=1S/C21H20N2O4/c1-13-5-7-14(8-6-13)12-27-18-4-2-3-15-16(18)11-23(21(15)26)17-9-10-19(24)22-20(17)25/h2-8,17H,9-12H2,1H3,(H,22,24,25)/t17-/m0/s1. The van der Waals surface area contributed by atoms with E-state index in [1.54, 1.807) is 12.1 Å². The lowest BCUT2D eigenvalue weighted by molar-refractivity contribution is -0.136. The summed E-state index contributed by atoms with van der Waals surface area (Å²) >= 11 is 0. The Kier molecular flexibility index (Phi) is 4.39. The minimum absolute atomic E-state index is 0.194. The molecule has 138 valence electrons. The van der Waals surface area contributed by atoms with E-state index in [0.717, 1.165) is 11.1 Å². The van der Waals surface area contributed by atoms with E-state index < -0.39 is 11.9 Å². The Morgan fingerprint density at radius 3 is 2.63 bits per heavy atom. The summed E-state index contributed by atoms with van der Waals surface area (Å²) in [6, 6.07) is 12.8. The summed E-state index contributed by atoms with van der Waals surface area (Å²) in [6.07, 6.45) is 0.595. The number of hydrogen-bond acceptors (Lipinski definition) is 4. The lowest BCUT2D eigenvalue weighted by atomic mass is 10.0. The van der Waals surface area contributed by atoms with Gasteiger partial charge in [-0.15, -0.1) is 0 Å². The van der Waals surface area contributed by atoms with E-state index in [2.05, 4.69) is 5.32 Å². The third-order valence-corrected chi connectivity index (χ3v) is 5.05. The van der Waals surface area contributed by atoms with Crippen LogP contribution in [0.2, 0.25) is 0 Å². The Labute approximate surface area is 157 Å². The molecule has 0 unspecified atom stereocenters.